The molecule has 0 aliphatic rings. The largest absolute Gasteiger partial charge is 0.301 e. The van der Waals surface area contributed by atoms with E-state index in [-0.39, 0.29) is 11.7 Å². The Morgan fingerprint density at radius 1 is 1.21 bits per heavy atom. The molecule has 120 valence electrons. The molecule has 4 rings (SSSR count). The van der Waals surface area contributed by atoms with Gasteiger partial charge in [0.1, 0.15) is 0 Å². The van der Waals surface area contributed by atoms with E-state index in [1.807, 2.05) is 40.1 Å². The Labute approximate surface area is 149 Å². The molecule has 0 aliphatic heterocycles. The van der Waals surface area contributed by atoms with Gasteiger partial charge in [0, 0.05) is 17.0 Å². The first-order valence-electron chi connectivity index (χ1n) is 7.01. The molecular weight excluding hydrogens is 362 g/mol. The van der Waals surface area contributed by atoms with Crippen LogP contribution in [-0.4, -0.2) is 31.2 Å². The first kappa shape index (κ1) is 15.3. The first-order valence-corrected chi connectivity index (χ1v) is 9.76. The fourth-order valence-electron chi connectivity index (χ4n) is 2.17. The van der Waals surface area contributed by atoms with Gasteiger partial charge in [0.2, 0.25) is 10.9 Å². The van der Waals surface area contributed by atoms with Crippen LogP contribution in [0.2, 0.25) is 0 Å². The van der Waals surface area contributed by atoms with Crippen LogP contribution in [-0.2, 0) is 4.79 Å². The number of aromatic nitrogens is 4. The maximum Gasteiger partial charge on any atom is 0.236 e. The van der Waals surface area contributed by atoms with E-state index in [0.29, 0.717) is 10.3 Å². The predicted octanol–water partition coefficient (Wildman–Crippen LogP) is 3.65. The van der Waals surface area contributed by atoms with Crippen LogP contribution < -0.4 is 5.32 Å². The number of hydrogen-bond acceptors (Lipinski definition) is 7. The van der Waals surface area contributed by atoms with Crippen LogP contribution >= 0.6 is 34.4 Å². The second-order valence-electron chi connectivity index (χ2n) is 4.76. The van der Waals surface area contributed by atoms with Crippen molar-refractivity contribution in [3.63, 3.8) is 0 Å². The number of fused-ring (bicyclic) bond motifs is 1. The van der Waals surface area contributed by atoms with E-state index in [4.69, 9.17) is 0 Å². The van der Waals surface area contributed by atoms with E-state index < -0.39 is 0 Å². The molecule has 0 radical (unpaired) electrons. The summed E-state index contributed by atoms with van der Waals surface area (Å²) in [7, 11) is 0. The van der Waals surface area contributed by atoms with E-state index >= 15 is 0 Å². The monoisotopic (exact) mass is 373 g/mol. The van der Waals surface area contributed by atoms with Gasteiger partial charge in [0.25, 0.3) is 0 Å². The Hall–Kier alpha value is -2.23. The second-order valence-corrected chi connectivity index (χ2v) is 7.44. The van der Waals surface area contributed by atoms with Gasteiger partial charge < -0.3 is 5.32 Å². The molecule has 3 heterocycles. The highest BCUT2D eigenvalue weighted by molar-refractivity contribution is 7.99. The molecule has 4 aromatic rings. The molecule has 0 spiro atoms. The third-order valence-electron chi connectivity index (χ3n) is 3.20. The van der Waals surface area contributed by atoms with Gasteiger partial charge in [-0.3, -0.25) is 9.20 Å². The van der Waals surface area contributed by atoms with Gasteiger partial charge in [0.15, 0.2) is 10.3 Å². The van der Waals surface area contributed by atoms with Crippen LogP contribution in [0.4, 0.5) is 5.13 Å². The average Bonchev–Trinajstić information content (AvgIpc) is 3.32. The number of anilines is 1. The van der Waals surface area contributed by atoms with Gasteiger partial charge in [-0.2, -0.15) is 0 Å². The highest BCUT2D eigenvalue weighted by atomic mass is 32.2. The van der Waals surface area contributed by atoms with Gasteiger partial charge in [0.05, 0.1) is 11.4 Å². The van der Waals surface area contributed by atoms with Crippen LogP contribution in [0.5, 0.6) is 0 Å². The lowest BCUT2D eigenvalue weighted by Crippen LogP contribution is -2.14. The van der Waals surface area contributed by atoms with Crippen LogP contribution in [0, 0.1) is 0 Å². The molecule has 1 N–H and O–H groups in total. The SMILES string of the molecule is O=C(CSc1nnc2scc(-c3ccccc3)n12)Nc1nccs1. The molecule has 24 heavy (non-hydrogen) atoms. The van der Waals surface area contributed by atoms with Crippen molar-refractivity contribution in [1.82, 2.24) is 19.6 Å². The average molecular weight is 373 g/mol. The smallest absolute Gasteiger partial charge is 0.236 e. The number of thiazole rings is 2. The van der Waals surface area contributed by atoms with Gasteiger partial charge >= 0.3 is 0 Å². The van der Waals surface area contributed by atoms with E-state index in [9.17, 15) is 4.79 Å². The maximum absolute atomic E-state index is 12.0. The molecule has 0 bridgehead atoms. The van der Waals surface area contributed by atoms with E-state index in [0.717, 1.165) is 16.2 Å². The van der Waals surface area contributed by atoms with Crippen LogP contribution in [0.15, 0.2) is 52.4 Å². The standard InChI is InChI=1S/C15H11N5OS3/c21-12(17-13-16-6-7-22-13)9-24-15-19-18-14-20(15)11(8-23-14)10-4-2-1-3-5-10/h1-8H,9H2,(H,16,17,21). The number of thioether (sulfide) groups is 1. The van der Waals surface area contributed by atoms with Crippen molar-refractivity contribution in [3.8, 4) is 11.3 Å². The Balaban J connectivity index is 1.54. The van der Waals surface area contributed by atoms with E-state index in [1.54, 1.807) is 6.20 Å². The number of carbonyl (C=O) groups is 1. The first-order chi connectivity index (χ1) is 11.8. The minimum atomic E-state index is -0.108. The molecule has 1 amide bonds. The number of carbonyl (C=O) groups excluding carboxylic acids is 1. The molecule has 0 saturated heterocycles. The number of amides is 1. The summed E-state index contributed by atoms with van der Waals surface area (Å²) < 4.78 is 1.99. The predicted molar refractivity (Wildman–Crippen MR) is 97.8 cm³/mol. The molecule has 0 atom stereocenters. The quantitative estimate of drug-likeness (QED) is 0.541. The van der Waals surface area contributed by atoms with E-state index in [1.165, 1.54) is 34.4 Å². The summed E-state index contributed by atoms with van der Waals surface area (Å²) in [5.41, 5.74) is 2.13. The Bertz CT molecular complexity index is 962. The van der Waals surface area contributed by atoms with E-state index in [2.05, 4.69) is 25.9 Å². The van der Waals surface area contributed by atoms with Crippen molar-refractivity contribution in [3.05, 3.63) is 47.3 Å². The van der Waals surface area contributed by atoms with Crippen LogP contribution in [0.1, 0.15) is 0 Å². The zero-order chi connectivity index (χ0) is 16.4. The highest BCUT2D eigenvalue weighted by Gasteiger charge is 2.15. The third kappa shape index (κ3) is 3.05. The number of rotatable bonds is 5. The lowest BCUT2D eigenvalue weighted by Gasteiger charge is -2.03. The van der Waals surface area contributed by atoms with Crippen molar-refractivity contribution < 1.29 is 4.79 Å². The van der Waals surface area contributed by atoms with Crippen LogP contribution in [0.25, 0.3) is 16.2 Å². The fraction of sp³-hybridized carbons (Fsp3) is 0.0667. The normalized spacial score (nSPS) is 11.0. The summed E-state index contributed by atoms with van der Waals surface area (Å²) in [6.07, 6.45) is 1.66. The second kappa shape index (κ2) is 6.71. The molecule has 0 fully saturated rings. The Morgan fingerprint density at radius 3 is 2.88 bits per heavy atom. The lowest BCUT2D eigenvalue weighted by molar-refractivity contribution is -0.113. The maximum atomic E-state index is 12.0. The van der Waals surface area contributed by atoms with Gasteiger partial charge in [-0.15, -0.1) is 32.9 Å². The Kier molecular flexibility index (Phi) is 4.28. The summed E-state index contributed by atoms with van der Waals surface area (Å²) in [6.45, 7) is 0. The minimum Gasteiger partial charge on any atom is -0.301 e. The summed E-state index contributed by atoms with van der Waals surface area (Å²) in [5, 5.41) is 16.3. The van der Waals surface area contributed by atoms with Crippen molar-refractivity contribution in [2.45, 2.75) is 5.16 Å². The molecule has 9 heteroatoms. The summed E-state index contributed by atoms with van der Waals surface area (Å²) >= 11 is 4.29. The molecule has 1 aromatic carbocycles. The fourth-order valence-corrected chi connectivity index (χ4v) is 4.35. The minimum absolute atomic E-state index is 0.108. The number of benzene rings is 1. The molecule has 0 unspecified atom stereocenters. The molecule has 0 aliphatic carbocycles. The van der Waals surface area contributed by atoms with Gasteiger partial charge in [-0.1, -0.05) is 42.1 Å². The van der Waals surface area contributed by atoms with Gasteiger partial charge in [-0.05, 0) is 5.56 Å². The highest BCUT2D eigenvalue weighted by Crippen LogP contribution is 2.29. The summed E-state index contributed by atoms with van der Waals surface area (Å²) in [5.74, 6) is 0.146. The zero-order valence-electron chi connectivity index (χ0n) is 12.2. The number of nitrogens with one attached hydrogen (secondary N) is 1. The van der Waals surface area contributed by atoms with Crippen molar-refractivity contribution in [2.75, 3.05) is 11.1 Å². The summed E-state index contributed by atoms with van der Waals surface area (Å²) in [6, 6.07) is 10.1. The molecule has 3 aromatic heterocycles. The van der Waals surface area contributed by atoms with Crippen molar-refractivity contribution in [1.29, 1.82) is 0 Å². The topological polar surface area (TPSA) is 72.2 Å². The molecule has 6 nitrogen and oxygen atoms in total. The lowest BCUT2D eigenvalue weighted by atomic mass is 10.2. The number of hydrogen-bond donors (Lipinski definition) is 1. The Morgan fingerprint density at radius 2 is 2.08 bits per heavy atom. The third-order valence-corrected chi connectivity index (χ3v) is 5.63. The van der Waals surface area contributed by atoms with Crippen molar-refractivity contribution >= 4 is 50.4 Å². The molecule has 0 saturated carbocycles. The van der Waals surface area contributed by atoms with Crippen LogP contribution in [0.3, 0.4) is 0 Å². The molecular formula is C15H11N5OS3. The van der Waals surface area contributed by atoms with Gasteiger partial charge in [-0.25, -0.2) is 4.98 Å². The summed E-state index contributed by atoms with van der Waals surface area (Å²) in [4.78, 5) is 16.9. The van der Waals surface area contributed by atoms with Crippen molar-refractivity contribution in [2.24, 2.45) is 0 Å². The number of nitrogens with zero attached hydrogens (tertiary/aromatic N) is 4. The zero-order valence-corrected chi connectivity index (χ0v) is 14.7.